The number of hydrogen-bond donors (Lipinski definition) is 1. The van der Waals surface area contributed by atoms with Crippen molar-refractivity contribution in [3.8, 4) is 5.88 Å². The van der Waals surface area contributed by atoms with E-state index >= 15 is 0 Å². The van der Waals surface area contributed by atoms with Crippen LogP contribution in [0.15, 0.2) is 36.7 Å². The Balaban J connectivity index is 1.76. The minimum absolute atomic E-state index is 0.122. The number of nitro benzene ring substituents is 1. The van der Waals surface area contributed by atoms with E-state index in [0.717, 1.165) is 0 Å². The highest BCUT2D eigenvalue weighted by Gasteiger charge is 2.14. The predicted molar refractivity (Wildman–Crippen MR) is 102 cm³/mol. The summed E-state index contributed by atoms with van der Waals surface area (Å²) < 4.78 is 5.47. The van der Waals surface area contributed by atoms with Gasteiger partial charge < -0.3 is 10.1 Å². The van der Waals surface area contributed by atoms with Crippen LogP contribution in [0.3, 0.4) is 0 Å². The lowest BCUT2D eigenvalue weighted by Crippen LogP contribution is -2.21. The zero-order valence-electron chi connectivity index (χ0n) is 13.9. The number of non-ortho nitro benzene ring substituents is 1. The number of benzene rings is 2. The van der Waals surface area contributed by atoms with Crippen molar-refractivity contribution in [2.24, 2.45) is 0 Å². The maximum Gasteiger partial charge on any atom is 0.271 e. The molecule has 27 heavy (non-hydrogen) atoms. The Labute approximate surface area is 163 Å². The van der Waals surface area contributed by atoms with Gasteiger partial charge >= 0.3 is 0 Å². The molecule has 0 aliphatic carbocycles. The van der Waals surface area contributed by atoms with E-state index in [0.29, 0.717) is 32.2 Å². The van der Waals surface area contributed by atoms with E-state index in [1.54, 1.807) is 25.1 Å². The van der Waals surface area contributed by atoms with Crippen LogP contribution in [0.4, 0.5) is 11.4 Å². The van der Waals surface area contributed by atoms with Gasteiger partial charge in [0.15, 0.2) is 6.61 Å². The SMILES string of the molecule is Cc1ccc([N+](=O)[O-])cc1NC(=O)COc1ncnc2c(Cl)cc(Cl)cc12. The standard InChI is InChI=1S/C17H12Cl2N4O4/c1-9-2-3-11(23(25)26)6-14(9)22-15(24)7-27-17-12-4-10(18)5-13(19)16(12)20-8-21-17/h2-6,8H,7H2,1H3,(H,22,24). The minimum Gasteiger partial charge on any atom is -0.467 e. The van der Waals surface area contributed by atoms with Crippen molar-refractivity contribution >= 4 is 51.4 Å². The molecule has 1 heterocycles. The molecule has 0 bridgehead atoms. The second kappa shape index (κ2) is 7.73. The van der Waals surface area contributed by atoms with E-state index < -0.39 is 10.8 Å². The van der Waals surface area contributed by atoms with Crippen molar-refractivity contribution in [1.29, 1.82) is 0 Å². The van der Waals surface area contributed by atoms with E-state index in [1.165, 1.54) is 18.5 Å². The highest BCUT2D eigenvalue weighted by molar-refractivity contribution is 6.38. The number of nitrogens with one attached hydrogen (secondary N) is 1. The molecule has 0 saturated heterocycles. The first-order valence-electron chi connectivity index (χ1n) is 7.62. The van der Waals surface area contributed by atoms with E-state index in [4.69, 9.17) is 27.9 Å². The van der Waals surface area contributed by atoms with Gasteiger partial charge in [0, 0.05) is 17.2 Å². The fraction of sp³-hybridized carbons (Fsp3) is 0.118. The predicted octanol–water partition coefficient (Wildman–Crippen LogP) is 4.17. The average molecular weight is 407 g/mol. The number of ether oxygens (including phenoxy) is 1. The Kier molecular flexibility index (Phi) is 5.38. The van der Waals surface area contributed by atoms with Crippen LogP contribution >= 0.6 is 23.2 Å². The molecule has 2 aromatic carbocycles. The molecule has 138 valence electrons. The number of carbonyl (C=O) groups excluding carboxylic acids is 1. The lowest BCUT2D eigenvalue weighted by Gasteiger charge is -2.10. The first-order valence-corrected chi connectivity index (χ1v) is 8.38. The van der Waals surface area contributed by atoms with Crippen LogP contribution in [0.1, 0.15) is 5.56 Å². The molecule has 1 N–H and O–H groups in total. The van der Waals surface area contributed by atoms with Crippen LogP contribution in [0.5, 0.6) is 5.88 Å². The summed E-state index contributed by atoms with van der Waals surface area (Å²) in [6.45, 7) is 1.36. The Hall–Kier alpha value is -2.97. The number of aromatic nitrogens is 2. The van der Waals surface area contributed by atoms with Crippen LogP contribution in [0.25, 0.3) is 10.9 Å². The van der Waals surface area contributed by atoms with Gasteiger partial charge in [-0.3, -0.25) is 14.9 Å². The molecule has 0 saturated carbocycles. The van der Waals surface area contributed by atoms with E-state index in [2.05, 4.69) is 15.3 Å². The Morgan fingerprint density at radius 3 is 2.78 bits per heavy atom. The van der Waals surface area contributed by atoms with Crippen molar-refractivity contribution in [1.82, 2.24) is 9.97 Å². The number of rotatable bonds is 5. The summed E-state index contributed by atoms with van der Waals surface area (Å²) in [5, 5.41) is 14.6. The number of aryl methyl sites for hydroxylation is 1. The van der Waals surface area contributed by atoms with Crippen molar-refractivity contribution in [3.63, 3.8) is 0 Å². The molecule has 0 aliphatic heterocycles. The van der Waals surface area contributed by atoms with Gasteiger partial charge in [0.25, 0.3) is 11.6 Å². The Morgan fingerprint density at radius 1 is 1.26 bits per heavy atom. The highest BCUT2D eigenvalue weighted by atomic mass is 35.5. The fourth-order valence-corrected chi connectivity index (χ4v) is 2.90. The molecule has 10 heteroatoms. The topological polar surface area (TPSA) is 107 Å². The Morgan fingerprint density at radius 2 is 2.04 bits per heavy atom. The fourth-order valence-electron chi connectivity index (χ4n) is 2.36. The molecule has 8 nitrogen and oxygen atoms in total. The second-order valence-corrected chi connectivity index (χ2v) is 6.40. The van der Waals surface area contributed by atoms with Crippen LogP contribution in [0.2, 0.25) is 10.0 Å². The lowest BCUT2D eigenvalue weighted by atomic mass is 10.2. The largest absolute Gasteiger partial charge is 0.467 e. The zero-order valence-corrected chi connectivity index (χ0v) is 15.4. The second-order valence-electron chi connectivity index (χ2n) is 5.56. The van der Waals surface area contributed by atoms with E-state index in [-0.39, 0.29) is 18.2 Å². The molecular formula is C17H12Cl2N4O4. The van der Waals surface area contributed by atoms with Gasteiger partial charge in [0.2, 0.25) is 5.88 Å². The van der Waals surface area contributed by atoms with Gasteiger partial charge in [-0.05, 0) is 24.6 Å². The van der Waals surface area contributed by atoms with Crippen molar-refractivity contribution < 1.29 is 14.5 Å². The summed E-state index contributed by atoms with van der Waals surface area (Å²) in [5.41, 5.74) is 1.33. The maximum atomic E-state index is 12.2. The van der Waals surface area contributed by atoms with Crippen molar-refractivity contribution in [2.75, 3.05) is 11.9 Å². The molecule has 0 aliphatic rings. The average Bonchev–Trinajstić information content (AvgIpc) is 2.61. The molecular weight excluding hydrogens is 395 g/mol. The molecule has 1 amide bonds. The summed E-state index contributed by atoms with van der Waals surface area (Å²) in [4.78, 5) is 30.6. The summed E-state index contributed by atoms with van der Waals surface area (Å²) >= 11 is 12.1. The third-order valence-electron chi connectivity index (χ3n) is 3.67. The Bertz CT molecular complexity index is 1060. The first kappa shape index (κ1) is 18.8. The number of nitrogens with zero attached hydrogens (tertiary/aromatic N) is 3. The monoisotopic (exact) mass is 406 g/mol. The third kappa shape index (κ3) is 4.24. The molecule has 0 fully saturated rings. The molecule has 0 atom stereocenters. The van der Waals surface area contributed by atoms with Crippen LogP contribution in [-0.2, 0) is 4.79 Å². The summed E-state index contributed by atoms with van der Waals surface area (Å²) in [6.07, 6.45) is 1.26. The maximum absolute atomic E-state index is 12.2. The molecule has 0 spiro atoms. The molecule has 1 aromatic heterocycles. The quantitative estimate of drug-likeness (QED) is 0.503. The smallest absolute Gasteiger partial charge is 0.271 e. The van der Waals surface area contributed by atoms with Gasteiger partial charge in [-0.15, -0.1) is 0 Å². The first-order chi connectivity index (χ1) is 12.8. The van der Waals surface area contributed by atoms with E-state index in [1.807, 2.05) is 0 Å². The normalized spacial score (nSPS) is 10.6. The van der Waals surface area contributed by atoms with Crippen molar-refractivity contribution in [2.45, 2.75) is 6.92 Å². The summed E-state index contributed by atoms with van der Waals surface area (Å²) in [6, 6.07) is 7.33. The molecule has 0 radical (unpaired) electrons. The summed E-state index contributed by atoms with van der Waals surface area (Å²) in [5.74, 6) is -0.353. The van der Waals surface area contributed by atoms with Crippen LogP contribution in [0, 0.1) is 17.0 Å². The van der Waals surface area contributed by atoms with Gasteiger partial charge in [0.1, 0.15) is 6.33 Å². The zero-order chi connectivity index (χ0) is 19.6. The lowest BCUT2D eigenvalue weighted by molar-refractivity contribution is -0.384. The number of anilines is 1. The van der Waals surface area contributed by atoms with Gasteiger partial charge in [-0.1, -0.05) is 29.3 Å². The van der Waals surface area contributed by atoms with Gasteiger partial charge in [0.05, 0.1) is 26.5 Å². The number of halogens is 2. The number of fused-ring (bicyclic) bond motifs is 1. The van der Waals surface area contributed by atoms with Crippen LogP contribution in [-0.4, -0.2) is 27.4 Å². The van der Waals surface area contributed by atoms with Gasteiger partial charge in [-0.2, -0.15) is 0 Å². The molecule has 0 unspecified atom stereocenters. The summed E-state index contributed by atoms with van der Waals surface area (Å²) in [7, 11) is 0. The minimum atomic E-state index is -0.536. The third-order valence-corrected chi connectivity index (χ3v) is 4.17. The molecule has 3 aromatic rings. The van der Waals surface area contributed by atoms with Crippen LogP contribution < -0.4 is 10.1 Å². The van der Waals surface area contributed by atoms with Gasteiger partial charge in [-0.25, -0.2) is 9.97 Å². The number of carbonyl (C=O) groups is 1. The highest BCUT2D eigenvalue weighted by Crippen LogP contribution is 2.30. The number of nitro groups is 1. The number of amides is 1. The van der Waals surface area contributed by atoms with Crippen molar-refractivity contribution in [3.05, 3.63) is 62.4 Å². The molecule has 3 rings (SSSR count). The van der Waals surface area contributed by atoms with E-state index in [9.17, 15) is 14.9 Å². The number of hydrogen-bond acceptors (Lipinski definition) is 6.